The molecule has 29 heavy (non-hydrogen) atoms. The van der Waals surface area contributed by atoms with Crippen LogP contribution in [0.3, 0.4) is 0 Å². The number of fused-ring (bicyclic) bond motifs is 2. The van der Waals surface area contributed by atoms with Gasteiger partial charge in [-0.05, 0) is 69.2 Å². The van der Waals surface area contributed by atoms with Crippen LogP contribution in [-0.4, -0.2) is 35.0 Å². The zero-order valence-electron chi connectivity index (χ0n) is 17.2. The Hall–Kier alpha value is -2.82. The molecule has 0 radical (unpaired) electrons. The van der Waals surface area contributed by atoms with Crippen molar-refractivity contribution in [2.45, 2.75) is 64.1 Å². The lowest BCUT2D eigenvalue weighted by Crippen LogP contribution is -2.59. The van der Waals surface area contributed by atoms with Gasteiger partial charge in [-0.2, -0.15) is 0 Å². The maximum Gasteiger partial charge on any atom is 0.322 e. The van der Waals surface area contributed by atoms with Crippen molar-refractivity contribution in [3.8, 4) is 0 Å². The van der Waals surface area contributed by atoms with Gasteiger partial charge in [0, 0.05) is 29.4 Å². The minimum absolute atomic E-state index is 0.00932. The fraction of sp³-hybridized carbons (Fsp3) is 0.417. The second kappa shape index (κ2) is 8.27. The Morgan fingerprint density at radius 2 is 1.52 bits per heavy atom. The van der Waals surface area contributed by atoms with Crippen LogP contribution in [0, 0.1) is 13.8 Å². The SMILES string of the molecule is Cc1cccc(C)c1NC(=O)N1[C@@H]2CCC[C@@H]1CC(NC(=O)c1ccccc1)C2. The highest BCUT2D eigenvalue weighted by Crippen LogP contribution is 2.35. The van der Waals surface area contributed by atoms with Crippen molar-refractivity contribution in [2.24, 2.45) is 0 Å². The molecule has 2 aliphatic heterocycles. The molecule has 0 aromatic heterocycles. The van der Waals surface area contributed by atoms with E-state index in [9.17, 15) is 9.59 Å². The third-order valence-electron chi connectivity index (χ3n) is 6.29. The minimum Gasteiger partial charge on any atom is -0.349 e. The summed E-state index contributed by atoms with van der Waals surface area (Å²) >= 11 is 0. The highest BCUT2D eigenvalue weighted by molar-refractivity contribution is 5.94. The van der Waals surface area contributed by atoms with E-state index in [1.807, 2.05) is 67.3 Å². The van der Waals surface area contributed by atoms with Gasteiger partial charge in [-0.1, -0.05) is 36.4 Å². The Labute approximate surface area is 172 Å². The minimum atomic E-state index is -0.0258. The van der Waals surface area contributed by atoms with E-state index < -0.39 is 0 Å². The molecular weight excluding hydrogens is 362 g/mol. The maximum absolute atomic E-state index is 13.2. The fourth-order valence-corrected chi connectivity index (χ4v) is 4.87. The molecule has 3 amide bonds. The number of hydrogen-bond acceptors (Lipinski definition) is 2. The van der Waals surface area contributed by atoms with Gasteiger partial charge in [0.05, 0.1) is 0 Å². The van der Waals surface area contributed by atoms with E-state index in [1.54, 1.807) is 0 Å². The number of nitrogens with zero attached hydrogens (tertiary/aromatic N) is 1. The summed E-state index contributed by atoms with van der Waals surface area (Å²) in [7, 11) is 0. The number of carbonyl (C=O) groups excluding carboxylic acids is 2. The number of carbonyl (C=O) groups is 2. The van der Waals surface area contributed by atoms with Crippen LogP contribution < -0.4 is 10.6 Å². The van der Waals surface area contributed by atoms with Crippen molar-refractivity contribution in [3.63, 3.8) is 0 Å². The number of piperidine rings is 2. The molecule has 2 atom stereocenters. The standard InChI is InChI=1S/C24H29N3O2/c1-16-8-6-9-17(2)22(16)26-24(29)27-20-12-7-13-21(27)15-19(14-20)25-23(28)18-10-4-3-5-11-18/h3-6,8-11,19-21H,7,12-15H2,1-2H3,(H,25,28)(H,26,29)/t20-,21-/m1/s1. The van der Waals surface area contributed by atoms with Gasteiger partial charge < -0.3 is 15.5 Å². The smallest absolute Gasteiger partial charge is 0.322 e. The highest BCUT2D eigenvalue weighted by atomic mass is 16.2. The lowest BCUT2D eigenvalue weighted by atomic mass is 9.82. The molecule has 0 aliphatic carbocycles. The molecule has 0 saturated carbocycles. The number of benzene rings is 2. The summed E-state index contributed by atoms with van der Waals surface area (Å²) in [6.07, 6.45) is 4.76. The molecule has 2 saturated heterocycles. The first kappa shape index (κ1) is 19.5. The van der Waals surface area contributed by atoms with E-state index in [-0.39, 0.29) is 30.1 Å². The Morgan fingerprint density at radius 3 is 2.14 bits per heavy atom. The van der Waals surface area contributed by atoms with Crippen molar-refractivity contribution < 1.29 is 9.59 Å². The second-order valence-electron chi connectivity index (χ2n) is 8.35. The molecule has 2 aromatic rings. The molecule has 2 bridgehead atoms. The van der Waals surface area contributed by atoms with E-state index in [4.69, 9.17) is 0 Å². The lowest BCUT2D eigenvalue weighted by molar-refractivity contribution is 0.0577. The van der Waals surface area contributed by atoms with Crippen LogP contribution in [0.5, 0.6) is 0 Å². The highest BCUT2D eigenvalue weighted by Gasteiger charge is 2.41. The van der Waals surface area contributed by atoms with Gasteiger partial charge in [-0.3, -0.25) is 4.79 Å². The first-order valence-electron chi connectivity index (χ1n) is 10.5. The van der Waals surface area contributed by atoms with E-state index in [0.717, 1.165) is 48.9 Å². The van der Waals surface area contributed by atoms with Gasteiger partial charge >= 0.3 is 6.03 Å². The fourth-order valence-electron chi connectivity index (χ4n) is 4.87. The summed E-state index contributed by atoms with van der Waals surface area (Å²) in [6, 6.07) is 15.8. The molecule has 2 fully saturated rings. The number of aryl methyl sites for hydroxylation is 2. The lowest BCUT2D eigenvalue weighted by Gasteiger charge is -2.48. The summed E-state index contributed by atoms with van der Waals surface area (Å²) in [6.45, 7) is 4.05. The second-order valence-corrected chi connectivity index (χ2v) is 8.35. The summed E-state index contributed by atoms with van der Waals surface area (Å²) in [5.74, 6) is -0.0258. The molecule has 152 valence electrons. The summed E-state index contributed by atoms with van der Waals surface area (Å²) < 4.78 is 0. The Balaban J connectivity index is 1.44. The van der Waals surface area contributed by atoms with E-state index in [1.165, 1.54) is 0 Å². The largest absolute Gasteiger partial charge is 0.349 e. The average Bonchev–Trinajstić information content (AvgIpc) is 2.70. The van der Waals surface area contributed by atoms with Crippen molar-refractivity contribution in [3.05, 3.63) is 65.2 Å². The monoisotopic (exact) mass is 391 g/mol. The Bertz CT molecular complexity index is 862. The first-order chi connectivity index (χ1) is 14.0. The molecule has 2 aromatic carbocycles. The summed E-state index contributed by atoms with van der Waals surface area (Å²) in [4.78, 5) is 27.8. The molecule has 0 spiro atoms. The number of hydrogen-bond donors (Lipinski definition) is 2. The van der Waals surface area contributed by atoms with Gasteiger partial charge in [0.15, 0.2) is 0 Å². The Kier molecular flexibility index (Phi) is 5.56. The molecule has 2 heterocycles. The van der Waals surface area contributed by atoms with Crippen LogP contribution in [0.2, 0.25) is 0 Å². The van der Waals surface area contributed by atoms with E-state index in [2.05, 4.69) is 10.6 Å². The predicted octanol–water partition coefficient (Wildman–Crippen LogP) is 4.65. The van der Waals surface area contributed by atoms with Crippen molar-refractivity contribution >= 4 is 17.6 Å². The molecular formula is C24H29N3O2. The van der Waals surface area contributed by atoms with Crippen molar-refractivity contribution in [1.29, 1.82) is 0 Å². The quantitative estimate of drug-likeness (QED) is 0.800. The van der Waals surface area contributed by atoms with Gasteiger partial charge in [0.25, 0.3) is 5.91 Å². The van der Waals surface area contributed by atoms with Crippen molar-refractivity contribution in [1.82, 2.24) is 10.2 Å². The van der Waals surface area contributed by atoms with Crippen LogP contribution in [-0.2, 0) is 0 Å². The first-order valence-corrected chi connectivity index (χ1v) is 10.5. The van der Waals surface area contributed by atoms with E-state index in [0.29, 0.717) is 5.56 Å². The maximum atomic E-state index is 13.2. The topological polar surface area (TPSA) is 61.4 Å². The molecule has 0 unspecified atom stereocenters. The molecule has 5 nitrogen and oxygen atoms in total. The van der Waals surface area contributed by atoms with Crippen LogP contribution in [0.4, 0.5) is 10.5 Å². The van der Waals surface area contributed by atoms with Crippen LogP contribution in [0.15, 0.2) is 48.5 Å². The number of amides is 3. The molecule has 5 heteroatoms. The predicted molar refractivity (Wildman–Crippen MR) is 115 cm³/mol. The van der Waals surface area contributed by atoms with E-state index >= 15 is 0 Å². The van der Waals surface area contributed by atoms with Crippen molar-refractivity contribution in [2.75, 3.05) is 5.32 Å². The van der Waals surface area contributed by atoms with Crippen LogP contribution in [0.25, 0.3) is 0 Å². The van der Waals surface area contributed by atoms with Crippen LogP contribution >= 0.6 is 0 Å². The Morgan fingerprint density at radius 1 is 0.897 bits per heavy atom. The van der Waals surface area contributed by atoms with Crippen LogP contribution in [0.1, 0.15) is 53.6 Å². The van der Waals surface area contributed by atoms with Gasteiger partial charge in [0.2, 0.25) is 0 Å². The molecule has 2 aliphatic rings. The normalized spacial score (nSPS) is 23.4. The summed E-state index contributed by atoms with van der Waals surface area (Å²) in [5.41, 5.74) is 3.75. The molecule has 2 N–H and O–H groups in total. The number of anilines is 1. The summed E-state index contributed by atoms with van der Waals surface area (Å²) in [5, 5.41) is 6.35. The third kappa shape index (κ3) is 4.14. The third-order valence-corrected chi connectivity index (χ3v) is 6.29. The zero-order chi connectivity index (χ0) is 20.4. The van der Waals surface area contributed by atoms with Gasteiger partial charge in [-0.25, -0.2) is 4.79 Å². The molecule has 4 rings (SSSR count). The average molecular weight is 392 g/mol. The number of urea groups is 1. The van der Waals surface area contributed by atoms with Gasteiger partial charge in [0.1, 0.15) is 0 Å². The van der Waals surface area contributed by atoms with Gasteiger partial charge in [-0.15, -0.1) is 0 Å². The number of nitrogens with one attached hydrogen (secondary N) is 2. The number of para-hydroxylation sites is 1. The zero-order valence-corrected chi connectivity index (χ0v) is 17.2. The number of rotatable bonds is 3.